The highest BCUT2D eigenvalue weighted by atomic mass is 35.5. The molecular weight excluding hydrogens is 392 g/mol. The molecule has 1 saturated heterocycles. The molecule has 1 aliphatic carbocycles. The molecular formula is C18H27ClN2O5S. The third-order valence-electron chi connectivity index (χ3n) is 5.40. The van der Waals surface area contributed by atoms with Crippen LogP contribution in [0.5, 0.6) is 0 Å². The van der Waals surface area contributed by atoms with Crippen molar-refractivity contribution in [3.63, 3.8) is 0 Å². The lowest BCUT2D eigenvalue weighted by molar-refractivity contribution is -0.143. The summed E-state index contributed by atoms with van der Waals surface area (Å²) in [5.41, 5.74) is -0.150. The van der Waals surface area contributed by atoms with Crippen LogP contribution in [0.25, 0.3) is 0 Å². The van der Waals surface area contributed by atoms with Gasteiger partial charge < -0.3 is 14.8 Å². The first-order valence-electron chi connectivity index (χ1n) is 8.80. The van der Waals surface area contributed by atoms with E-state index in [1.165, 1.54) is 7.11 Å². The molecule has 2 aliphatic rings. The summed E-state index contributed by atoms with van der Waals surface area (Å²) in [7, 11) is -0.645. The second-order valence-electron chi connectivity index (χ2n) is 7.17. The normalized spacial score (nSPS) is 23.5. The van der Waals surface area contributed by atoms with E-state index < -0.39 is 15.4 Å². The molecule has 0 amide bonds. The third kappa shape index (κ3) is 4.46. The van der Waals surface area contributed by atoms with Gasteiger partial charge in [-0.1, -0.05) is 12.1 Å². The number of methoxy groups -OCH3 is 2. The van der Waals surface area contributed by atoms with Gasteiger partial charge in [0.2, 0.25) is 10.0 Å². The average Bonchev–Trinajstić information content (AvgIpc) is 3.34. The summed E-state index contributed by atoms with van der Waals surface area (Å²) >= 11 is 0. The molecule has 1 unspecified atom stereocenters. The van der Waals surface area contributed by atoms with E-state index in [1.54, 1.807) is 31.4 Å². The number of hydrogen-bond donors (Lipinski definition) is 2. The zero-order chi connectivity index (χ0) is 18.8. The number of hydrogen-bond acceptors (Lipinski definition) is 6. The Balaban J connectivity index is 0.00000261. The fourth-order valence-electron chi connectivity index (χ4n) is 3.67. The van der Waals surface area contributed by atoms with Gasteiger partial charge in [0.05, 0.1) is 29.6 Å². The van der Waals surface area contributed by atoms with Crippen molar-refractivity contribution >= 4 is 28.4 Å². The first-order valence-corrected chi connectivity index (χ1v) is 10.3. The minimum Gasteiger partial charge on any atom is -0.468 e. The third-order valence-corrected chi connectivity index (χ3v) is 6.81. The van der Waals surface area contributed by atoms with Gasteiger partial charge in [0, 0.05) is 13.7 Å². The number of benzene rings is 1. The summed E-state index contributed by atoms with van der Waals surface area (Å²) in [4.78, 5) is 12.1. The molecule has 1 aromatic carbocycles. The van der Waals surface area contributed by atoms with Crippen LogP contribution in [-0.2, 0) is 29.7 Å². The lowest BCUT2D eigenvalue weighted by atomic mass is 9.96. The van der Waals surface area contributed by atoms with Crippen molar-refractivity contribution in [2.24, 2.45) is 0 Å². The Morgan fingerprint density at radius 1 is 1.19 bits per heavy atom. The summed E-state index contributed by atoms with van der Waals surface area (Å²) < 4.78 is 38.1. The molecule has 3 rings (SSSR count). The minimum absolute atomic E-state index is 0. The SMILES string of the molecule is COCC1(CNS(=O)(=O)c2ccc(C3(C(=O)OC)CC3)cc2)CCCN1.Cl. The number of nitrogens with one attached hydrogen (secondary N) is 2. The Morgan fingerprint density at radius 2 is 1.85 bits per heavy atom. The largest absolute Gasteiger partial charge is 0.468 e. The van der Waals surface area contributed by atoms with Crippen LogP contribution in [0.2, 0.25) is 0 Å². The maximum atomic E-state index is 12.6. The van der Waals surface area contributed by atoms with Gasteiger partial charge in [0.25, 0.3) is 0 Å². The summed E-state index contributed by atoms with van der Waals surface area (Å²) in [6.45, 7) is 1.59. The first-order chi connectivity index (χ1) is 12.4. The van der Waals surface area contributed by atoms with Gasteiger partial charge in [-0.3, -0.25) is 4.79 Å². The smallest absolute Gasteiger partial charge is 0.316 e. The fourth-order valence-corrected chi connectivity index (χ4v) is 4.80. The van der Waals surface area contributed by atoms with E-state index in [-0.39, 0.29) is 35.4 Å². The van der Waals surface area contributed by atoms with Crippen molar-refractivity contribution < 1.29 is 22.7 Å². The molecule has 0 bridgehead atoms. The number of carbonyl (C=O) groups excluding carboxylic acids is 1. The van der Waals surface area contributed by atoms with Gasteiger partial charge >= 0.3 is 5.97 Å². The molecule has 152 valence electrons. The Labute approximate surface area is 166 Å². The van der Waals surface area contributed by atoms with E-state index in [4.69, 9.17) is 9.47 Å². The minimum atomic E-state index is -3.63. The molecule has 2 fully saturated rings. The number of esters is 1. The van der Waals surface area contributed by atoms with Crippen molar-refractivity contribution in [3.05, 3.63) is 29.8 Å². The van der Waals surface area contributed by atoms with Crippen molar-refractivity contribution in [2.45, 2.75) is 41.5 Å². The number of sulfonamides is 1. The maximum absolute atomic E-state index is 12.6. The van der Waals surface area contributed by atoms with Crippen LogP contribution in [0.1, 0.15) is 31.2 Å². The lowest BCUT2D eigenvalue weighted by Gasteiger charge is -2.28. The van der Waals surface area contributed by atoms with Crippen LogP contribution in [0, 0.1) is 0 Å². The Kier molecular flexibility index (Phi) is 6.91. The zero-order valence-electron chi connectivity index (χ0n) is 15.6. The Morgan fingerprint density at radius 3 is 2.33 bits per heavy atom. The highest BCUT2D eigenvalue weighted by Crippen LogP contribution is 2.49. The number of halogens is 1. The number of ether oxygens (including phenoxy) is 2. The summed E-state index contributed by atoms with van der Waals surface area (Å²) in [5.74, 6) is -0.264. The molecule has 0 aromatic heterocycles. The molecule has 0 radical (unpaired) electrons. The molecule has 1 atom stereocenters. The molecule has 9 heteroatoms. The second-order valence-corrected chi connectivity index (χ2v) is 8.93. The quantitative estimate of drug-likeness (QED) is 0.619. The summed E-state index contributed by atoms with van der Waals surface area (Å²) in [5, 5.41) is 3.35. The van der Waals surface area contributed by atoms with Gasteiger partial charge in [0.15, 0.2) is 0 Å². The Hall–Kier alpha value is -1.19. The van der Waals surface area contributed by atoms with Crippen LogP contribution in [-0.4, -0.2) is 53.8 Å². The molecule has 0 spiro atoms. The van der Waals surface area contributed by atoms with E-state index in [2.05, 4.69) is 10.0 Å². The highest BCUT2D eigenvalue weighted by Gasteiger charge is 2.52. The van der Waals surface area contributed by atoms with E-state index in [0.717, 1.165) is 37.8 Å². The van der Waals surface area contributed by atoms with E-state index in [1.807, 2.05) is 0 Å². The summed E-state index contributed by atoms with van der Waals surface area (Å²) in [6.07, 6.45) is 3.32. The van der Waals surface area contributed by atoms with Gasteiger partial charge in [-0.2, -0.15) is 0 Å². The monoisotopic (exact) mass is 418 g/mol. The second kappa shape index (κ2) is 8.45. The van der Waals surface area contributed by atoms with Gasteiger partial charge in [0.1, 0.15) is 0 Å². The standard InChI is InChI=1S/C18H26N2O5S.ClH/c1-24-13-17(8-3-11-19-17)12-20-26(22,23)15-6-4-14(5-7-15)18(9-10-18)16(21)25-2;/h4-7,19-20H,3,8-13H2,1-2H3;1H. The Bertz CT molecular complexity index is 756. The van der Waals surface area contributed by atoms with E-state index in [0.29, 0.717) is 6.61 Å². The summed E-state index contributed by atoms with van der Waals surface area (Å²) in [6, 6.07) is 6.51. The number of carbonyl (C=O) groups is 1. The molecule has 1 aromatic rings. The van der Waals surface area contributed by atoms with Gasteiger partial charge in [-0.25, -0.2) is 13.1 Å². The first kappa shape index (κ1) is 22.1. The van der Waals surface area contributed by atoms with Crippen molar-refractivity contribution in [1.82, 2.24) is 10.0 Å². The fraction of sp³-hybridized carbons (Fsp3) is 0.611. The van der Waals surface area contributed by atoms with E-state index in [9.17, 15) is 13.2 Å². The van der Waals surface area contributed by atoms with Crippen LogP contribution in [0.3, 0.4) is 0 Å². The molecule has 1 heterocycles. The van der Waals surface area contributed by atoms with Gasteiger partial charge in [-0.15, -0.1) is 12.4 Å². The van der Waals surface area contributed by atoms with Crippen molar-refractivity contribution in [1.29, 1.82) is 0 Å². The topological polar surface area (TPSA) is 93.7 Å². The zero-order valence-corrected chi connectivity index (χ0v) is 17.2. The highest BCUT2D eigenvalue weighted by molar-refractivity contribution is 7.89. The molecule has 2 N–H and O–H groups in total. The average molecular weight is 419 g/mol. The predicted octanol–water partition coefficient (Wildman–Crippen LogP) is 1.36. The molecule has 27 heavy (non-hydrogen) atoms. The predicted molar refractivity (Wildman–Crippen MR) is 104 cm³/mol. The molecule has 7 nitrogen and oxygen atoms in total. The van der Waals surface area contributed by atoms with Crippen LogP contribution in [0.15, 0.2) is 29.2 Å². The van der Waals surface area contributed by atoms with Gasteiger partial charge in [-0.05, 0) is 49.9 Å². The van der Waals surface area contributed by atoms with Crippen LogP contribution >= 0.6 is 12.4 Å². The number of rotatable bonds is 8. The van der Waals surface area contributed by atoms with Crippen LogP contribution < -0.4 is 10.0 Å². The molecule has 1 aliphatic heterocycles. The van der Waals surface area contributed by atoms with Crippen molar-refractivity contribution in [2.75, 3.05) is 33.9 Å². The maximum Gasteiger partial charge on any atom is 0.316 e. The molecule has 1 saturated carbocycles. The van der Waals surface area contributed by atoms with Crippen molar-refractivity contribution in [3.8, 4) is 0 Å². The van der Waals surface area contributed by atoms with Crippen LogP contribution in [0.4, 0.5) is 0 Å². The lowest BCUT2D eigenvalue weighted by Crippen LogP contribution is -2.52. The van der Waals surface area contributed by atoms with E-state index >= 15 is 0 Å².